The van der Waals surface area contributed by atoms with E-state index in [0.29, 0.717) is 11.8 Å². The van der Waals surface area contributed by atoms with E-state index in [0.717, 1.165) is 23.0 Å². The van der Waals surface area contributed by atoms with E-state index in [1.165, 1.54) is 43.4 Å². The number of halogens is 2. The Hall–Kier alpha value is -3.79. The molecule has 0 atom stereocenters. The van der Waals surface area contributed by atoms with Gasteiger partial charge in [-0.1, -0.05) is 17.7 Å². The van der Waals surface area contributed by atoms with Gasteiger partial charge in [-0.2, -0.15) is 0 Å². The summed E-state index contributed by atoms with van der Waals surface area (Å²) in [6.45, 7) is 1.85. The van der Waals surface area contributed by atoms with Gasteiger partial charge in [0.05, 0.1) is 28.9 Å². The number of sulfonamides is 1. The Balaban J connectivity index is 1.81. The second-order valence-corrected chi connectivity index (χ2v) is 9.06. The molecule has 0 aromatic heterocycles. The van der Waals surface area contributed by atoms with Gasteiger partial charge in [-0.3, -0.25) is 9.10 Å². The minimum Gasteiger partial charge on any atom is -0.465 e. The number of carbonyl (C=O) groups excluding carboxylic acids is 2. The fourth-order valence-corrected chi connectivity index (χ4v) is 4.13. The second-order valence-electron chi connectivity index (χ2n) is 7.09. The summed E-state index contributed by atoms with van der Waals surface area (Å²) in [6.07, 6.45) is 0. The Morgan fingerprint density at radius 1 is 0.939 bits per heavy atom. The number of aryl methyl sites for hydroxylation is 1. The molecule has 1 amide bonds. The van der Waals surface area contributed by atoms with Crippen LogP contribution < -0.4 is 9.62 Å². The molecule has 172 valence electrons. The highest BCUT2D eigenvalue weighted by atomic mass is 32.2. The summed E-state index contributed by atoms with van der Waals surface area (Å²) in [7, 11) is -1.39. The highest BCUT2D eigenvalue weighted by molar-refractivity contribution is 7.92. The van der Waals surface area contributed by atoms with Crippen LogP contribution in [0.3, 0.4) is 0 Å². The third-order valence-corrected chi connectivity index (χ3v) is 6.68. The van der Waals surface area contributed by atoms with Crippen LogP contribution in [-0.2, 0) is 14.8 Å². The zero-order valence-electron chi connectivity index (χ0n) is 17.9. The summed E-state index contributed by atoms with van der Waals surface area (Å²) in [4.78, 5) is 24.2. The maximum atomic E-state index is 14.1. The van der Waals surface area contributed by atoms with Crippen molar-refractivity contribution >= 4 is 33.3 Å². The van der Waals surface area contributed by atoms with Crippen LogP contribution in [0.1, 0.15) is 26.3 Å². The molecule has 3 aromatic rings. The monoisotopic (exact) mass is 474 g/mol. The molecular weight excluding hydrogens is 454 g/mol. The number of carbonyl (C=O) groups is 2. The Morgan fingerprint density at radius 2 is 1.55 bits per heavy atom. The number of methoxy groups -OCH3 is 1. The average Bonchev–Trinajstić information content (AvgIpc) is 2.80. The van der Waals surface area contributed by atoms with Gasteiger partial charge >= 0.3 is 5.97 Å². The van der Waals surface area contributed by atoms with E-state index in [1.54, 1.807) is 12.1 Å². The van der Waals surface area contributed by atoms with Crippen molar-refractivity contribution in [2.75, 3.05) is 23.8 Å². The molecule has 0 heterocycles. The molecule has 33 heavy (non-hydrogen) atoms. The summed E-state index contributed by atoms with van der Waals surface area (Å²) < 4.78 is 59.0. The topological polar surface area (TPSA) is 92.8 Å². The van der Waals surface area contributed by atoms with Gasteiger partial charge < -0.3 is 10.1 Å². The molecule has 0 unspecified atom stereocenters. The molecule has 10 heteroatoms. The minimum absolute atomic E-state index is 0.0863. The Labute approximate surface area is 189 Å². The highest BCUT2D eigenvalue weighted by Crippen LogP contribution is 2.24. The molecule has 0 saturated carbocycles. The smallest absolute Gasteiger partial charge is 0.340 e. The first-order valence-corrected chi connectivity index (χ1v) is 11.0. The van der Waals surface area contributed by atoms with Crippen LogP contribution in [0.4, 0.5) is 20.2 Å². The lowest BCUT2D eigenvalue weighted by Gasteiger charge is -2.20. The molecule has 0 bridgehead atoms. The predicted octanol–water partition coefficient (Wildman–Crippen LogP) is 4.14. The van der Waals surface area contributed by atoms with E-state index in [-0.39, 0.29) is 10.5 Å². The van der Waals surface area contributed by atoms with Crippen LogP contribution in [0.15, 0.2) is 65.6 Å². The number of rotatable bonds is 6. The van der Waals surface area contributed by atoms with E-state index < -0.39 is 44.8 Å². The number of benzene rings is 3. The molecule has 0 aliphatic rings. The van der Waals surface area contributed by atoms with Gasteiger partial charge in [0.25, 0.3) is 15.9 Å². The third kappa shape index (κ3) is 5.01. The van der Waals surface area contributed by atoms with Crippen molar-refractivity contribution in [2.24, 2.45) is 0 Å². The molecule has 0 aliphatic heterocycles. The van der Waals surface area contributed by atoms with Crippen LogP contribution >= 0.6 is 0 Å². The molecule has 0 saturated heterocycles. The third-order valence-electron chi connectivity index (χ3n) is 4.88. The van der Waals surface area contributed by atoms with Crippen molar-refractivity contribution in [3.63, 3.8) is 0 Å². The molecule has 0 aliphatic carbocycles. The molecule has 0 spiro atoms. The molecule has 0 radical (unpaired) electrons. The fourth-order valence-electron chi connectivity index (χ4n) is 2.94. The number of anilines is 2. The molecule has 3 aromatic carbocycles. The van der Waals surface area contributed by atoms with Crippen LogP contribution in [0.5, 0.6) is 0 Å². The summed E-state index contributed by atoms with van der Waals surface area (Å²) in [5.41, 5.74) is 0.358. The quantitative estimate of drug-likeness (QED) is 0.542. The maximum Gasteiger partial charge on any atom is 0.340 e. The van der Waals surface area contributed by atoms with Crippen molar-refractivity contribution in [1.82, 2.24) is 0 Å². The van der Waals surface area contributed by atoms with Crippen LogP contribution in [0, 0.1) is 18.6 Å². The Bertz CT molecular complexity index is 1310. The van der Waals surface area contributed by atoms with Crippen molar-refractivity contribution in [3.05, 3.63) is 89.0 Å². The van der Waals surface area contributed by atoms with E-state index in [9.17, 15) is 26.8 Å². The number of nitrogens with one attached hydrogen (secondary N) is 1. The Kier molecular flexibility index (Phi) is 6.78. The second kappa shape index (κ2) is 9.37. The number of hydrogen-bond donors (Lipinski definition) is 1. The summed E-state index contributed by atoms with van der Waals surface area (Å²) in [5, 5.41) is 2.26. The number of esters is 1. The molecule has 1 N–H and O–H groups in total. The fraction of sp³-hybridized carbons (Fsp3) is 0.130. The molecule has 3 rings (SSSR count). The Morgan fingerprint density at radius 3 is 2.12 bits per heavy atom. The number of amides is 1. The summed E-state index contributed by atoms with van der Waals surface area (Å²) in [6, 6.07) is 13.2. The van der Waals surface area contributed by atoms with E-state index in [1.807, 2.05) is 6.92 Å². The standard InChI is InChI=1S/C23H20F2N2O5S/c1-14-4-10-17(11-5-14)33(30,31)27(2)16-8-6-15(7-9-16)22(28)26-21-12-18(23(29)32-3)19(24)13-20(21)25/h4-13H,1-3H3,(H,26,28). The van der Waals surface area contributed by atoms with Crippen molar-refractivity contribution in [3.8, 4) is 0 Å². The van der Waals surface area contributed by atoms with Gasteiger partial charge in [-0.25, -0.2) is 22.0 Å². The summed E-state index contributed by atoms with van der Waals surface area (Å²) in [5.74, 6) is -3.97. The zero-order chi connectivity index (χ0) is 24.3. The number of ether oxygens (including phenoxy) is 1. The van der Waals surface area contributed by atoms with Crippen LogP contribution in [0.2, 0.25) is 0 Å². The normalized spacial score (nSPS) is 11.1. The van der Waals surface area contributed by atoms with Crippen molar-refractivity contribution < 1.29 is 31.5 Å². The van der Waals surface area contributed by atoms with Gasteiger partial charge in [-0.15, -0.1) is 0 Å². The zero-order valence-corrected chi connectivity index (χ0v) is 18.7. The first kappa shape index (κ1) is 23.9. The number of nitrogens with zero attached hydrogens (tertiary/aromatic N) is 1. The minimum atomic E-state index is -3.81. The first-order chi connectivity index (χ1) is 15.5. The van der Waals surface area contributed by atoms with Gasteiger partial charge in [0.2, 0.25) is 0 Å². The molecular formula is C23H20F2N2O5S. The lowest BCUT2D eigenvalue weighted by molar-refractivity contribution is 0.0595. The van der Waals surface area contributed by atoms with Crippen molar-refractivity contribution in [1.29, 1.82) is 0 Å². The van der Waals surface area contributed by atoms with Crippen LogP contribution in [-0.4, -0.2) is 34.5 Å². The molecule has 7 nitrogen and oxygen atoms in total. The highest BCUT2D eigenvalue weighted by Gasteiger charge is 2.22. The van der Waals surface area contributed by atoms with Crippen molar-refractivity contribution in [2.45, 2.75) is 11.8 Å². The lowest BCUT2D eigenvalue weighted by atomic mass is 10.1. The van der Waals surface area contributed by atoms with E-state index in [2.05, 4.69) is 10.1 Å². The van der Waals surface area contributed by atoms with Gasteiger partial charge in [0.1, 0.15) is 11.6 Å². The van der Waals surface area contributed by atoms with Gasteiger partial charge in [-0.05, 0) is 49.4 Å². The maximum absolute atomic E-state index is 14.1. The number of hydrogen-bond acceptors (Lipinski definition) is 5. The van der Waals surface area contributed by atoms with Gasteiger partial charge in [0.15, 0.2) is 0 Å². The average molecular weight is 474 g/mol. The lowest BCUT2D eigenvalue weighted by Crippen LogP contribution is -2.26. The predicted molar refractivity (Wildman–Crippen MR) is 119 cm³/mol. The molecule has 0 fully saturated rings. The van der Waals surface area contributed by atoms with E-state index >= 15 is 0 Å². The SMILES string of the molecule is COC(=O)c1cc(NC(=O)c2ccc(N(C)S(=O)(=O)c3ccc(C)cc3)cc2)c(F)cc1F. The largest absolute Gasteiger partial charge is 0.465 e. The summed E-state index contributed by atoms with van der Waals surface area (Å²) >= 11 is 0. The van der Waals surface area contributed by atoms with E-state index in [4.69, 9.17) is 0 Å². The van der Waals surface area contributed by atoms with Gasteiger partial charge in [0, 0.05) is 18.7 Å². The van der Waals surface area contributed by atoms with Crippen LogP contribution in [0.25, 0.3) is 0 Å². The first-order valence-electron chi connectivity index (χ1n) is 9.59.